The van der Waals surface area contributed by atoms with Crippen LogP contribution in [0, 0.1) is 23.7 Å². The van der Waals surface area contributed by atoms with Crippen molar-refractivity contribution in [3.8, 4) is 0 Å². The highest BCUT2D eigenvalue weighted by Gasteiger charge is 2.43. The number of hydrogen-bond donors (Lipinski definition) is 1. The molecule has 2 saturated carbocycles. The van der Waals surface area contributed by atoms with Gasteiger partial charge in [-0.25, -0.2) is 4.79 Å². The molecule has 0 saturated heterocycles. The molecule has 5 heteroatoms. The van der Waals surface area contributed by atoms with Crippen LogP contribution in [0.5, 0.6) is 0 Å². The summed E-state index contributed by atoms with van der Waals surface area (Å²) in [7, 11) is 1.42. The fourth-order valence-corrected chi connectivity index (χ4v) is 6.33. The lowest BCUT2D eigenvalue weighted by molar-refractivity contribution is -0.121. The van der Waals surface area contributed by atoms with Gasteiger partial charge in [0.2, 0.25) is 5.91 Å². The SMILES string of the molecule is COC(=O)c1c(NC(=O)[C@H]2C[C@H]3CC[C@H]2C3)sc2c1CC[C@H](C)C2. The van der Waals surface area contributed by atoms with Crippen molar-refractivity contribution in [2.24, 2.45) is 23.7 Å². The standard InChI is InChI=1S/C19H25NO3S/c1-10-3-6-13-15(7-10)24-18(16(13)19(22)23-2)20-17(21)14-9-11-4-5-12(14)8-11/h10-12,14H,3-9H2,1-2H3,(H,20,21)/t10-,11-,12-,14-/m0/s1. The smallest absolute Gasteiger partial charge is 0.341 e. The normalized spacial score (nSPS) is 30.9. The zero-order valence-corrected chi connectivity index (χ0v) is 15.2. The zero-order chi connectivity index (χ0) is 16.8. The highest BCUT2D eigenvalue weighted by Crippen LogP contribution is 2.49. The summed E-state index contributed by atoms with van der Waals surface area (Å²) in [6.07, 6.45) is 7.69. The lowest BCUT2D eigenvalue weighted by Crippen LogP contribution is -2.27. The molecule has 0 aliphatic heterocycles. The number of carbonyl (C=O) groups is 2. The number of carbonyl (C=O) groups excluding carboxylic acids is 2. The first-order valence-electron chi connectivity index (χ1n) is 9.10. The Bertz CT molecular complexity index is 680. The molecule has 1 heterocycles. The Morgan fingerprint density at radius 2 is 2.04 bits per heavy atom. The average molecular weight is 347 g/mol. The van der Waals surface area contributed by atoms with Crippen LogP contribution in [-0.4, -0.2) is 19.0 Å². The number of nitrogens with one attached hydrogen (secondary N) is 1. The van der Waals surface area contributed by atoms with Crippen molar-refractivity contribution in [2.45, 2.75) is 51.9 Å². The summed E-state index contributed by atoms with van der Waals surface area (Å²) in [4.78, 5) is 26.3. The number of rotatable bonds is 3. The van der Waals surface area contributed by atoms with Crippen LogP contribution in [0.1, 0.15) is 59.8 Å². The molecule has 4 rings (SSSR count). The Balaban J connectivity index is 1.60. The minimum atomic E-state index is -0.315. The topological polar surface area (TPSA) is 55.4 Å². The molecule has 2 fully saturated rings. The molecule has 0 spiro atoms. The summed E-state index contributed by atoms with van der Waals surface area (Å²) in [6, 6.07) is 0. The van der Waals surface area contributed by atoms with Gasteiger partial charge in [0.15, 0.2) is 0 Å². The van der Waals surface area contributed by atoms with Gasteiger partial charge in [0.25, 0.3) is 0 Å². The van der Waals surface area contributed by atoms with Gasteiger partial charge in [-0.15, -0.1) is 11.3 Å². The van der Waals surface area contributed by atoms with Crippen molar-refractivity contribution in [2.75, 3.05) is 12.4 Å². The van der Waals surface area contributed by atoms with E-state index in [0.717, 1.165) is 37.2 Å². The van der Waals surface area contributed by atoms with E-state index in [2.05, 4.69) is 12.2 Å². The lowest BCUT2D eigenvalue weighted by Gasteiger charge is -2.20. The van der Waals surface area contributed by atoms with E-state index >= 15 is 0 Å². The second-order valence-corrected chi connectivity index (χ2v) is 8.92. The first-order chi connectivity index (χ1) is 11.6. The van der Waals surface area contributed by atoms with Crippen LogP contribution in [0.2, 0.25) is 0 Å². The van der Waals surface area contributed by atoms with Crippen molar-refractivity contribution in [3.05, 3.63) is 16.0 Å². The molecule has 130 valence electrons. The molecule has 3 aliphatic rings. The van der Waals surface area contributed by atoms with Crippen LogP contribution in [-0.2, 0) is 22.4 Å². The van der Waals surface area contributed by atoms with Crippen molar-refractivity contribution >= 4 is 28.2 Å². The largest absolute Gasteiger partial charge is 0.465 e. The molecule has 0 aromatic carbocycles. The second-order valence-electron chi connectivity index (χ2n) is 7.82. The predicted molar refractivity (Wildman–Crippen MR) is 94.4 cm³/mol. The van der Waals surface area contributed by atoms with Crippen LogP contribution in [0.25, 0.3) is 0 Å². The number of anilines is 1. The van der Waals surface area contributed by atoms with Crippen LogP contribution in [0.3, 0.4) is 0 Å². The van der Waals surface area contributed by atoms with Gasteiger partial charge in [-0.05, 0) is 61.8 Å². The number of ether oxygens (including phenoxy) is 1. The molecule has 2 bridgehead atoms. The van der Waals surface area contributed by atoms with Gasteiger partial charge in [0, 0.05) is 10.8 Å². The molecular weight excluding hydrogens is 322 g/mol. The monoisotopic (exact) mass is 347 g/mol. The summed E-state index contributed by atoms with van der Waals surface area (Å²) >= 11 is 1.58. The van der Waals surface area contributed by atoms with Gasteiger partial charge in [-0.2, -0.15) is 0 Å². The third-order valence-electron chi connectivity index (χ3n) is 6.21. The van der Waals surface area contributed by atoms with Gasteiger partial charge in [-0.1, -0.05) is 13.3 Å². The molecule has 3 aliphatic carbocycles. The first kappa shape index (κ1) is 16.1. The summed E-state index contributed by atoms with van der Waals surface area (Å²) in [5.41, 5.74) is 1.72. The van der Waals surface area contributed by atoms with E-state index < -0.39 is 0 Å². The van der Waals surface area contributed by atoms with E-state index in [1.807, 2.05) is 0 Å². The molecule has 4 nitrogen and oxygen atoms in total. The third kappa shape index (κ3) is 2.67. The number of amides is 1. The minimum absolute atomic E-state index is 0.110. The molecule has 4 atom stereocenters. The van der Waals surface area contributed by atoms with Crippen molar-refractivity contribution in [1.82, 2.24) is 0 Å². The molecule has 1 amide bonds. The van der Waals surface area contributed by atoms with E-state index in [-0.39, 0.29) is 17.8 Å². The molecular formula is C19H25NO3S. The van der Waals surface area contributed by atoms with Crippen LogP contribution >= 0.6 is 11.3 Å². The van der Waals surface area contributed by atoms with Crippen molar-refractivity contribution in [1.29, 1.82) is 0 Å². The van der Waals surface area contributed by atoms with Gasteiger partial charge in [0.1, 0.15) is 5.00 Å². The molecule has 1 aromatic rings. The number of methoxy groups -OCH3 is 1. The zero-order valence-electron chi connectivity index (χ0n) is 14.4. The van der Waals surface area contributed by atoms with Gasteiger partial charge in [-0.3, -0.25) is 4.79 Å². The van der Waals surface area contributed by atoms with Gasteiger partial charge >= 0.3 is 5.97 Å². The number of esters is 1. The van der Waals surface area contributed by atoms with Crippen LogP contribution in [0.4, 0.5) is 5.00 Å². The fourth-order valence-electron chi connectivity index (χ4n) is 4.93. The Labute approximate surface area is 147 Å². The summed E-state index contributed by atoms with van der Waals surface area (Å²) < 4.78 is 5.00. The Hall–Kier alpha value is -1.36. The van der Waals surface area contributed by atoms with Crippen LogP contribution < -0.4 is 5.32 Å². The van der Waals surface area contributed by atoms with Crippen LogP contribution in [0.15, 0.2) is 0 Å². The minimum Gasteiger partial charge on any atom is -0.465 e. The van der Waals surface area contributed by atoms with Gasteiger partial charge in [0.05, 0.1) is 12.7 Å². The van der Waals surface area contributed by atoms with E-state index in [9.17, 15) is 9.59 Å². The number of hydrogen-bond acceptors (Lipinski definition) is 4. The molecule has 1 aromatic heterocycles. The van der Waals surface area contributed by atoms with Gasteiger partial charge < -0.3 is 10.1 Å². The number of thiophene rings is 1. The predicted octanol–water partition coefficient (Wildman–Crippen LogP) is 4.03. The molecule has 24 heavy (non-hydrogen) atoms. The van der Waals surface area contributed by atoms with Crippen molar-refractivity contribution < 1.29 is 14.3 Å². The third-order valence-corrected chi connectivity index (χ3v) is 7.38. The maximum absolute atomic E-state index is 12.8. The Kier molecular flexibility index (Phi) is 4.15. The highest BCUT2D eigenvalue weighted by atomic mass is 32.1. The molecule has 0 radical (unpaired) electrons. The Morgan fingerprint density at radius 1 is 1.21 bits per heavy atom. The molecule has 1 N–H and O–H groups in total. The van der Waals surface area contributed by atoms with E-state index in [4.69, 9.17) is 4.74 Å². The second kappa shape index (κ2) is 6.17. The average Bonchev–Trinajstić information content (AvgIpc) is 3.27. The summed E-state index contributed by atoms with van der Waals surface area (Å²) in [6.45, 7) is 2.24. The maximum Gasteiger partial charge on any atom is 0.341 e. The lowest BCUT2D eigenvalue weighted by atomic mass is 9.87. The summed E-state index contributed by atoms with van der Waals surface area (Å²) in [5, 5.41) is 3.82. The Morgan fingerprint density at radius 3 is 2.71 bits per heavy atom. The van der Waals surface area contributed by atoms with E-state index in [1.54, 1.807) is 11.3 Å². The maximum atomic E-state index is 12.8. The van der Waals surface area contributed by atoms with E-state index in [0.29, 0.717) is 22.4 Å². The summed E-state index contributed by atoms with van der Waals surface area (Å²) in [5.74, 6) is 1.85. The first-order valence-corrected chi connectivity index (χ1v) is 9.92. The molecule has 0 unspecified atom stereocenters. The number of fused-ring (bicyclic) bond motifs is 3. The quantitative estimate of drug-likeness (QED) is 0.840. The van der Waals surface area contributed by atoms with Crippen molar-refractivity contribution in [3.63, 3.8) is 0 Å². The fraction of sp³-hybridized carbons (Fsp3) is 0.684. The van der Waals surface area contributed by atoms with E-state index in [1.165, 1.54) is 31.2 Å². The highest BCUT2D eigenvalue weighted by molar-refractivity contribution is 7.17.